The van der Waals surface area contributed by atoms with Crippen LogP contribution in [-0.2, 0) is 27.4 Å². The number of carbonyl (C=O) groups excluding carboxylic acids is 2. The maximum Gasteiger partial charge on any atom is 0.290 e. The highest BCUT2D eigenvalue weighted by Crippen LogP contribution is 2.63. The number of imide groups is 1. The molecule has 196 valence electrons. The van der Waals surface area contributed by atoms with E-state index in [4.69, 9.17) is 4.74 Å². The molecule has 0 bridgehead atoms. The summed E-state index contributed by atoms with van der Waals surface area (Å²) in [5, 5.41) is 15.1. The van der Waals surface area contributed by atoms with Gasteiger partial charge in [-0.15, -0.1) is 23.7 Å². The Balaban J connectivity index is 0.00000280. The van der Waals surface area contributed by atoms with Gasteiger partial charge < -0.3 is 14.6 Å². The number of aromatic nitrogens is 2. The number of hydrogen-bond donors (Lipinski definition) is 1. The quantitative estimate of drug-likeness (QED) is 0.286. The van der Waals surface area contributed by atoms with E-state index in [9.17, 15) is 19.7 Å². The summed E-state index contributed by atoms with van der Waals surface area (Å²) in [6, 6.07) is 5.38. The molecule has 0 spiro atoms. The Hall–Kier alpha value is -2.86. The van der Waals surface area contributed by atoms with Crippen molar-refractivity contribution < 1.29 is 19.2 Å². The Labute approximate surface area is 223 Å². The minimum Gasteiger partial charge on any atom is -0.374 e. The number of piperidine rings is 1. The molecule has 3 aromatic rings. The number of fused-ring (bicyclic) bond motifs is 2. The summed E-state index contributed by atoms with van der Waals surface area (Å²) in [5.41, 5.74) is 2.69. The number of ether oxygens (including phenoxy) is 1. The number of amides is 2. The second-order valence-electron chi connectivity index (χ2n) is 10.4. The van der Waals surface area contributed by atoms with Crippen molar-refractivity contribution >= 4 is 51.5 Å². The first-order valence-corrected chi connectivity index (χ1v) is 12.9. The molecule has 37 heavy (non-hydrogen) atoms. The van der Waals surface area contributed by atoms with Crippen LogP contribution in [-0.4, -0.2) is 57.0 Å². The smallest absolute Gasteiger partial charge is 0.290 e. The molecule has 3 aromatic heterocycles. The van der Waals surface area contributed by atoms with Gasteiger partial charge in [0.2, 0.25) is 11.8 Å². The van der Waals surface area contributed by atoms with Crippen LogP contribution in [0.15, 0.2) is 24.4 Å². The number of morpholine rings is 1. The molecular formula is C25H28ClN5O5S. The summed E-state index contributed by atoms with van der Waals surface area (Å²) in [6.45, 7) is 8.47. The van der Waals surface area contributed by atoms with Gasteiger partial charge in [-0.05, 0) is 24.5 Å². The number of hydrogen-bond acceptors (Lipinski definition) is 8. The van der Waals surface area contributed by atoms with Gasteiger partial charge in [0.05, 0.1) is 64.2 Å². The van der Waals surface area contributed by atoms with E-state index >= 15 is 0 Å². The average Bonchev–Trinajstić information content (AvgIpc) is 3.14. The van der Waals surface area contributed by atoms with E-state index in [2.05, 4.69) is 10.3 Å². The average molecular weight is 546 g/mol. The predicted molar refractivity (Wildman–Crippen MR) is 141 cm³/mol. The van der Waals surface area contributed by atoms with Crippen molar-refractivity contribution in [2.75, 3.05) is 19.7 Å². The Morgan fingerprint density at radius 1 is 1.27 bits per heavy atom. The lowest BCUT2D eigenvalue weighted by atomic mass is 10.1. The molecular weight excluding hydrogens is 518 g/mol. The van der Waals surface area contributed by atoms with Crippen LogP contribution in [0.4, 0.5) is 5.69 Å². The van der Waals surface area contributed by atoms with Crippen LogP contribution in [0.25, 0.3) is 21.5 Å². The van der Waals surface area contributed by atoms with Crippen molar-refractivity contribution in [1.29, 1.82) is 0 Å². The van der Waals surface area contributed by atoms with E-state index in [0.717, 1.165) is 32.9 Å². The molecule has 0 radical (unpaired) electrons. The van der Waals surface area contributed by atoms with Gasteiger partial charge in [-0.25, -0.2) is 0 Å². The molecule has 6 rings (SSSR count). The molecule has 1 saturated carbocycles. The third-order valence-corrected chi connectivity index (χ3v) is 9.01. The molecule has 3 fully saturated rings. The molecule has 3 aliphatic rings. The van der Waals surface area contributed by atoms with E-state index in [1.807, 2.05) is 30.5 Å². The highest BCUT2D eigenvalue weighted by atomic mass is 35.5. The SMILES string of the molecule is Cc1c([N+](=O)[O-])cc(-c2ccnc3cc(CN4C(=O)C5C(C4=O)C5(C)C)sc23)n1C[C@H]1CNCCO1.Cl. The monoisotopic (exact) mass is 545 g/mol. The van der Waals surface area contributed by atoms with E-state index < -0.39 is 0 Å². The third kappa shape index (κ3) is 4.04. The van der Waals surface area contributed by atoms with Crippen LogP contribution in [0.1, 0.15) is 24.4 Å². The van der Waals surface area contributed by atoms with Crippen molar-refractivity contribution in [1.82, 2.24) is 19.8 Å². The lowest BCUT2D eigenvalue weighted by Crippen LogP contribution is -2.41. The van der Waals surface area contributed by atoms with Crippen LogP contribution in [0.3, 0.4) is 0 Å². The van der Waals surface area contributed by atoms with Gasteiger partial charge in [0.1, 0.15) is 0 Å². The Kier molecular flexibility index (Phi) is 6.38. The number of nitro groups is 1. The largest absolute Gasteiger partial charge is 0.374 e. The summed E-state index contributed by atoms with van der Waals surface area (Å²) >= 11 is 1.47. The van der Waals surface area contributed by atoms with Gasteiger partial charge in [0.25, 0.3) is 5.69 Å². The lowest BCUT2D eigenvalue weighted by molar-refractivity contribution is -0.385. The molecule has 2 aliphatic heterocycles. The number of nitrogens with one attached hydrogen (secondary N) is 1. The summed E-state index contributed by atoms with van der Waals surface area (Å²) in [5.74, 6) is -0.614. The first-order chi connectivity index (χ1) is 17.2. The predicted octanol–water partition coefficient (Wildman–Crippen LogP) is 3.53. The van der Waals surface area contributed by atoms with Crippen LogP contribution in [0, 0.1) is 34.3 Å². The number of rotatable bonds is 6. The lowest BCUT2D eigenvalue weighted by Gasteiger charge is -2.25. The molecule has 1 N–H and O–H groups in total. The maximum atomic E-state index is 12.8. The Bertz CT molecular complexity index is 1400. The number of pyridine rings is 1. The van der Waals surface area contributed by atoms with Crippen molar-refractivity contribution in [3.63, 3.8) is 0 Å². The van der Waals surface area contributed by atoms with Gasteiger partial charge in [-0.2, -0.15) is 0 Å². The Morgan fingerprint density at radius 3 is 2.65 bits per heavy atom. The van der Waals surface area contributed by atoms with Gasteiger partial charge in [0.15, 0.2) is 0 Å². The van der Waals surface area contributed by atoms with E-state index in [0.29, 0.717) is 25.4 Å². The molecule has 12 heteroatoms. The van der Waals surface area contributed by atoms with E-state index in [1.54, 1.807) is 19.2 Å². The van der Waals surface area contributed by atoms with Gasteiger partial charge in [0, 0.05) is 35.8 Å². The first kappa shape index (κ1) is 25.8. The minimum absolute atomic E-state index is 0. The van der Waals surface area contributed by atoms with Crippen molar-refractivity contribution in [2.24, 2.45) is 17.3 Å². The fourth-order valence-corrected chi connectivity index (χ4v) is 6.92. The second kappa shape index (κ2) is 9.16. The van der Waals surface area contributed by atoms with E-state index in [1.165, 1.54) is 16.2 Å². The topological polar surface area (TPSA) is 120 Å². The molecule has 5 heterocycles. The zero-order chi connectivity index (χ0) is 25.4. The molecule has 10 nitrogen and oxygen atoms in total. The minimum atomic E-state index is -0.356. The fraction of sp³-hybridized carbons (Fsp3) is 0.480. The van der Waals surface area contributed by atoms with Crippen molar-refractivity contribution in [3.05, 3.63) is 45.1 Å². The summed E-state index contributed by atoms with van der Waals surface area (Å²) < 4.78 is 8.70. The number of halogens is 1. The van der Waals surface area contributed by atoms with Crippen molar-refractivity contribution in [3.8, 4) is 11.3 Å². The van der Waals surface area contributed by atoms with E-state index in [-0.39, 0.29) is 64.7 Å². The second-order valence-corrected chi connectivity index (χ2v) is 11.5. The van der Waals surface area contributed by atoms with Crippen LogP contribution >= 0.6 is 23.7 Å². The molecule has 2 saturated heterocycles. The number of likely N-dealkylation sites (tertiary alicyclic amines) is 1. The normalized spacial score (nSPS) is 24.3. The fourth-order valence-electron chi connectivity index (χ4n) is 5.80. The molecule has 0 aromatic carbocycles. The zero-order valence-corrected chi connectivity index (χ0v) is 22.4. The highest BCUT2D eigenvalue weighted by Gasteiger charge is 2.72. The van der Waals surface area contributed by atoms with Crippen molar-refractivity contribution in [2.45, 2.75) is 40.0 Å². The molecule has 1 aliphatic carbocycles. The zero-order valence-electron chi connectivity index (χ0n) is 20.7. The van der Waals surface area contributed by atoms with Crippen LogP contribution in [0.2, 0.25) is 0 Å². The third-order valence-electron chi connectivity index (χ3n) is 7.87. The van der Waals surface area contributed by atoms with Gasteiger partial charge in [-0.1, -0.05) is 13.8 Å². The Morgan fingerprint density at radius 2 is 2.00 bits per heavy atom. The van der Waals surface area contributed by atoms with Crippen LogP contribution < -0.4 is 5.32 Å². The number of thiophene rings is 1. The molecule has 2 unspecified atom stereocenters. The molecule has 2 amide bonds. The van der Waals surface area contributed by atoms with Crippen LogP contribution in [0.5, 0.6) is 0 Å². The first-order valence-electron chi connectivity index (χ1n) is 12.1. The number of nitrogens with zero attached hydrogens (tertiary/aromatic N) is 4. The summed E-state index contributed by atoms with van der Waals surface area (Å²) in [7, 11) is 0. The maximum absolute atomic E-state index is 12.8. The van der Waals surface area contributed by atoms with Gasteiger partial charge >= 0.3 is 0 Å². The molecule has 3 atom stereocenters. The summed E-state index contributed by atoms with van der Waals surface area (Å²) in [6.07, 6.45) is 1.59. The number of carbonyl (C=O) groups is 2. The summed E-state index contributed by atoms with van der Waals surface area (Å²) in [4.78, 5) is 43.8. The highest BCUT2D eigenvalue weighted by molar-refractivity contribution is 7.19. The van der Waals surface area contributed by atoms with Gasteiger partial charge in [-0.3, -0.25) is 29.6 Å². The standard InChI is InChI=1S/C25H27N5O5S.ClH/c1-13-18(30(33)34)9-19(28(13)11-14-10-26-6-7-35-14)16-4-5-27-17-8-15(36-22(16)17)12-29-23(31)20-21(24(29)32)25(20,2)3;/h4-5,8-9,14,20-21,26H,6-7,10-12H2,1-3H3;1H/t14-,20?,21?;/m1./s1.